The molecule has 2 rings (SSSR count). The molecule has 0 aliphatic carbocycles. The van der Waals surface area contributed by atoms with Gasteiger partial charge in [-0.15, -0.1) is 0 Å². The number of methoxy groups -OCH3 is 1. The van der Waals surface area contributed by atoms with Crippen LogP contribution in [0.1, 0.15) is 6.92 Å². The largest absolute Gasteiger partial charge is 0.489 e. The number of hydrogen-bond donors (Lipinski definition) is 2. The van der Waals surface area contributed by atoms with Gasteiger partial charge < -0.3 is 15.0 Å². The number of H-pyrrole nitrogens is 1. The number of ether oxygens (including phenoxy) is 1. The van der Waals surface area contributed by atoms with Gasteiger partial charge in [0, 0.05) is 12.7 Å². The zero-order valence-corrected chi connectivity index (χ0v) is 9.60. The zero-order valence-electron chi connectivity index (χ0n) is 9.60. The van der Waals surface area contributed by atoms with E-state index in [-0.39, 0.29) is 11.3 Å². The number of hydrogen-bond acceptors (Lipinski definition) is 5. The van der Waals surface area contributed by atoms with E-state index in [1.165, 1.54) is 13.4 Å². The summed E-state index contributed by atoms with van der Waals surface area (Å²) in [4.78, 5) is 17.9. The fourth-order valence-electron chi connectivity index (χ4n) is 1.40. The van der Waals surface area contributed by atoms with Crippen LogP contribution >= 0.6 is 0 Å². The summed E-state index contributed by atoms with van der Waals surface area (Å²) in [5.41, 5.74) is 0.427. The van der Waals surface area contributed by atoms with E-state index in [2.05, 4.69) is 20.4 Å². The van der Waals surface area contributed by atoms with Gasteiger partial charge >= 0.3 is 0 Å². The molecule has 17 heavy (non-hydrogen) atoms. The molecule has 0 aliphatic rings. The lowest BCUT2D eigenvalue weighted by Crippen LogP contribution is -2.12. The number of anilines is 2. The standard InChI is InChI=1S/C10H13N5O2/c1-3-15-5-7(4-13-15)14-9-8(17-2)10(16)12-6-11-9/h4-6H,3H2,1-2H3,(H2,11,12,14,16). The maximum absolute atomic E-state index is 11.4. The molecule has 0 fully saturated rings. The lowest BCUT2D eigenvalue weighted by molar-refractivity contribution is 0.408. The first-order chi connectivity index (χ1) is 8.24. The quantitative estimate of drug-likeness (QED) is 0.816. The second kappa shape index (κ2) is 4.69. The van der Waals surface area contributed by atoms with Crippen molar-refractivity contribution in [2.45, 2.75) is 13.5 Å². The van der Waals surface area contributed by atoms with Gasteiger partial charge in [-0.2, -0.15) is 5.10 Å². The molecule has 90 valence electrons. The molecule has 0 saturated carbocycles. The summed E-state index contributed by atoms with van der Waals surface area (Å²) in [5, 5.41) is 7.09. The Bertz CT molecular complexity index is 560. The second-order valence-corrected chi connectivity index (χ2v) is 3.32. The molecule has 7 nitrogen and oxygen atoms in total. The van der Waals surface area contributed by atoms with Gasteiger partial charge in [-0.25, -0.2) is 4.98 Å². The summed E-state index contributed by atoms with van der Waals surface area (Å²) in [7, 11) is 1.42. The number of aromatic amines is 1. The molecule has 2 heterocycles. The maximum Gasteiger partial charge on any atom is 0.295 e. The van der Waals surface area contributed by atoms with Gasteiger partial charge in [0.15, 0.2) is 5.82 Å². The van der Waals surface area contributed by atoms with Crippen LogP contribution in [0.2, 0.25) is 0 Å². The Kier molecular flexibility index (Phi) is 3.08. The summed E-state index contributed by atoms with van der Waals surface area (Å²) < 4.78 is 6.75. The third kappa shape index (κ3) is 2.27. The van der Waals surface area contributed by atoms with Crippen LogP contribution in [0.5, 0.6) is 5.75 Å². The Hall–Kier alpha value is -2.31. The lowest BCUT2D eigenvalue weighted by atomic mass is 10.4. The first-order valence-electron chi connectivity index (χ1n) is 5.15. The summed E-state index contributed by atoms with van der Waals surface area (Å²) in [5.74, 6) is 0.517. The molecule has 0 aromatic carbocycles. The monoisotopic (exact) mass is 235 g/mol. The first kappa shape index (κ1) is 11.2. The number of nitrogens with zero attached hydrogens (tertiary/aromatic N) is 3. The molecule has 7 heteroatoms. The second-order valence-electron chi connectivity index (χ2n) is 3.32. The van der Waals surface area contributed by atoms with Crippen LogP contribution < -0.4 is 15.6 Å². The minimum Gasteiger partial charge on any atom is -0.489 e. The predicted molar refractivity (Wildman–Crippen MR) is 62.6 cm³/mol. The van der Waals surface area contributed by atoms with Crippen molar-refractivity contribution in [1.29, 1.82) is 0 Å². The van der Waals surface area contributed by atoms with Gasteiger partial charge in [-0.05, 0) is 6.92 Å². The third-order valence-electron chi connectivity index (χ3n) is 2.23. The predicted octanol–water partition coefficient (Wildman–Crippen LogP) is 0.738. The number of aryl methyl sites for hydroxylation is 1. The van der Waals surface area contributed by atoms with Gasteiger partial charge in [0.1, 0.15) is 0 Å². The molecule has 0 atom stereocenters. The number of nitrogens with one attached hydrogen (secondary N) is 2. The Morgan fingerprint density at radius 2 is 2.41 bits per heavy atom. The Balaban J connectivity index is 2.29. The fraction of sp³-hybridized carbons (Fsp3) is 0.300. The van der Waals surface area contributed by atoms with Crippen molar-refractivity contribution >= 4 is 11.5 Å². The molecular formula is C10H13N5O2. The summed E-state index contributed by atoms with van der Waals surface area (Å²) in [6.07, 6.45) is 4.80. The molecule has 0 unspecified atom stereocenters. The fourth-order valence-corrected chi connectivity index (χ4v) is 1.40. The number of aromatic nitrogens is 4. The van der Waals surface area contributed by atoms with Crippen molar-refractivity contribution in [3.63, 3.8) is 0 Å². The van der Waals surface area contributed by atoms with Crippen molar-refractivity contribution in [3.8, 4) is 5.75 Å². The van der Waals surface area contributed by atoms with Crippen LogP contribution in [0.4, 0.5) is 11.5 Å². The highest BCUT2D eigenvalue weighted by atomic mass is 16.5. The van der Waals surface area contributed by atoms with Gasteiger partial charge in [0.2, 0.25) is 5.75 Å². The molecule has 0 saturated heterocycles. The van der Waals surface area contributed by atoms with Crippen LogP contribution in [-0.2, 0) is 6.54 Å². The van der Waals surface area contributed by atoms with Gasteiger partial charge in [0.25, 0.3) is 5.56 Å². The van der Waals surface area contributed by atoms with Crippen LogP contribution in [0.3, 0.4) is 0 Å². The van der Waals surface area contributed by atoms with E-state index < -0.39 is 0 Å². The number of rotatable bonds is 4. The molecular weight excluding hydrogens is 222 g/mol. The molecule has 0 spiro atoms. The van der Waals surface area contributed by atoms with E-state index in [4.69, 9.17) is 4.74 Å². The SMILES string of the molecule is CCn1cc(Nc2nc[nH]c(=O)c2OC)cn1. The molecule has 2 aromatic heterocycles. The average molecular weight is 235 g/mol. The highest BCUT2D eigenvalue weighted by Crippen LogP contribution is 2.19. The van der Waals surface area contributed by atoms with E-state index in [0.29, 0.717) is 5.82 Å². The zero-order chi connectivity index (χ0) is 12.3. The van der Waals surface area contributed by atoms with E-state index in [1.807, 2.05) is 13.1 Å². The van der Waals surface area contributed by atoms with Crippen LogP contribution in [-0.4, -0.2) is 26.9 Å². The van der Waals surface area contributed by atoms with Crippen LogP contribution in [0.25, 0.3) is 0 Å². The van der Waals surface area contributed by atoms with Crippen molar-refractivity contribution in [2.75, 3.05) is 12.4 Å². The normalized spacial score (nSPS) is 10.2. The van der Waals surface area contributed by atoms with E-state index in [1.54, 1.807) is 10.9 Å². The molecule has 0 bridgehead atoms. The summed E-state index contributed by atoms with van der Waals surface area (Å²) in [6.45, 7) is 2.77. The van der Waals surface area contributed by atoms with Gasteiger partial charge in [0.05, 0.1) is 25.3 Å². The molecule has 2 N–H and O–H groups in total. The topological polar surface area (TPSA) is 84.8 Å². The highest BCUT2D eigenvalue weighted by molar-refractivity contribution is 5.59. The average Bonchev–Trinajstić information content (AvgIpc) is 2.77. The molecule has 0 radical (unpaired) electrons. The first-order valence-corrected chi connectivity index (χ1v) is 5.15. The van der Waals surface area contributed by atoms with E-state index in [9.17, 15) is 4.79 Å². The van der Waals surface area contributed by atoms with Crippen molar-refractivity contribution in [1.82, 2.24) is 19.7 Å². The smallest absolute Gasteiger partial charge is 0.295 e. The van der Waals surface area contributed by atoms with Gasteiger partial charge in [-0.1, -0.05) is 0 Å². The third-order valence-corrected chi connectivity index (χ3v) is 2.23. The summed E-state index contributed by atoms with van der Waals surface area (Å²) in [6, 6.07) is 0. The maximum atomic E-state index is 11.4. The van der Waals surface area contributed by atoms with Gasteiger partial charge in [-0.3, -0.25) is 9.48 Å². The van der Waals surface area contributed by atoms with Crippen LogP contribution in [0.15, 0.2) is 23.5 Å². The van der Waals surface area contributed by atoms with Crippen LogP contribution in [0, 0.1) is 0 Å². The lowest BCUT2D eigenvalue weighted by Gasteiger charge is -2.06. The Labute approximate surface area is 97.5 Å². The Morgan fingerprint density at radius 1 is 1.59 bits per heavy atom. The highest BCUT2D eigenvalue weighted by Gasteiger charge is 2.09. The van der Waals surface area contributed by atoms with E-state index in [0.717, 1.165) is 12.2 Å². The summed E-state index contributed by atoms with van der Waals surface area (Å²) >= 11 is 0. The van der Waals surface area contributed by atoms with Crippen molar-refractivity contribution in [2.24, 2.45) is 0 Å². The van der Waals surface area contributed by atoms with E-state index >= 15 is 0 Å². The van der Waals surface area contributed by atoms with Crippen molar-refractivity contribution < 1.29 is 4.74 Å². The Morgan fingerprint density at radius 3 is 3.06 bits per heavy atom. The molecule has 2 aromatic rings. The van der Waals surface area contributed by atoms with Crippen molar-refractivity contribution in [3.05, 3.63) is 29.1 Å². The molecule has 0 amide bonds. The minimum atomic E-state index is -0.326. The molecule has 0 aliphatic heterocycles. The minimum absolute atomic E-state index is 0.150.